The van der Waals surface area contributed by atoms with E-state index in [0.717, 1.165) is 11.1 Å². The highest BCUT2D eigenvalue weighted by Crippen LogP contribution is 2.22. The Bertz CT molecular complexity index is 585. The molecule has 3 heteroatoms. The standard InChI is InChI=1S/C16H14ClNO/c17-15-9-7-13(8-10-15)12-3-5-14(6-4-12)16(19)2-1-11-18/h1-10H,11,18H2/b2-1+. The first-order valence-corrected chi connectivity index (χ1v) is 6.35. The van der Waals surface area contributed by atoms with Gasteiger partial charge in [0.1, 0.15) is 0 Å². The molecule has 0 fully saturated rings. The molecule has 0 aliphatic rings. The van der Waals surface area contributed by atoms with E-state index in [9.17, 15) is 4.79 Å². The molecule has 19 heavy (non-hydrogen) atoms. The third-order valence-electron chi connectivity index (χ3n) is 2.75. The van der Waals surface area contributed by atoms with Crippen LogP contribution in [0.4, 0.5) is 0 Å². The van der Waals surface area contributed by atoms with Crippen LogP contribution in [-0.4, -0.2) is 12.3 Å². The molecule has 96 valence electrons. The number of rotatable bonds is 4. The minimum atomic E-state index is -0.0342. The van der Waals surface area contributed by atoms with Crippen molar-refractivity contribution in [2.45, 2.75) is 0 Å². The lowest BCUT2D eigenvalue weighted by Gasteiger charge is -2.03. The molecular formula is C16H14ClNO. The van der Waals surface area contributed by atoms with Crippen LogP contribution in [0.3, 0.4) is 0 Å². The van der Waals surface area contributed by atoms with Crippen molar-refractivity contribution in [1.82, 2.24) is 0 Å². The van der Waals surface area contributed by atoms with E-state index in [-0.39, 0.29) is 5.78 Å². The van der Waals surface area contributed by atoms with Gasteiger partial charge in [0.15, 0.2) is 5.78 Å². The molecule has 2 nitrogen and oxygen atoms in total. The van der Waals surface area contributed by atoms with E-state index in [1.54, 1.807) is 6.08 Å². The van der Waals surface area contributed by atoms with Gasteiger partial charge in [-0.1, -0.05) is 54.1 Å². The molecule has 0 radical (unpaired) electrons. The monoisotopic (exact) mass is 271 g/mol. The number of halogens is 1. The maximum Gasteiger partial charge on any atom is 0.185 e. The zero-order chi connectivity index (χ0) is 13.7. The first kappa shape index (κ1) is 13.5. The van der Waals surface area contributed by atoms with E-state index < -0.39 is 0 Å². The van der Waals surface area contributed by atoms with Crippen LogP contribution >= 0.6 is 11.6 Å². The van der Waals surface area contributed by atoms with Crippen LogP contribution in [0.1, 0.15) is 10.4 Å². The second kappa shape index (κ2) is 6.32. The van der Waals surface area contributed by atoms with Crippen LogP contribution in [0.15, 0.2) is 60.7 Å². The molecule has 2 N–H and O–H groups in total. The van der Waals surface area contributed by atoms with Crippen molar-refractivity contribution in [2.24, 2.45) is 5.73 Å². The van der Waals surface area contributed by atoms with Crippen molar-refractivity contribution in [3.8, 4) is 11.1 Å². The molecule has 0 heterocycles. The molecule has 0 atom stereocenters. The molecule has 0 bridgehead atoms. The third kappa shape index (κ3) is 3.53. The summed E-state index contributed by atoms with van der Waals surface area (Å²) in [5, 5.41) is 0.711. The van der Waals surface area contributed by atoms with Gasteiger partial charge in [-0.3, -0.25) is 4.79 Å². The van der Waals surface area contributed by atoms with Crippen LogP contribution in [0.5, 0.6) is 0 Å². The number of hydrogen-bond acceptors (Lipinski definition) is 2. The van der Waals surface area contributed by atoms with Crippen LogP contribution in [0.25, 0.3) is 11.1 Å². The molecule has 0 saturated carbocycles. The summed E-state index contributed by atoms with van der Waals surface area (Å²) in [5.74, 6) is -0.0342. The average molecular weight is 272 g/mol. The number of nitrogens with two attached hydrogens (primary N) is 1. The average Bonchev–Trinajstić information content (AvgIpc) is 2.46. The Labute approximate surface area is 117 Å². The Morgan fingerprint density at radius 3 is 2.05 bits per heavy atom. The van der Waals surface area contributed by atoms with Gasteiger partial charge >= 0.3 is 0 Å². The quantitative estimate of drug-likeness (QED) is 0.680. The van der Waals surface area contributed by atoms with E-state index in [0.29, 0.717) is 17.1 Å². The fourth-order valence-corrected chi connectivity index (χ4v) is 1.87. The van der Waals surface area contributed by atoms with Gasteiger partial charge in [-0.05, 0) is 29.3 Å². The summed E-state index contributed by atoms with van der Waals surface area (Å²) in [6, 6.07) is 15.1. The van der Waals surface area contributed by atoms with Gasteiger partial charge in [0, 0.05) is 17.1 Å². The summed E-state index contributed by atoms with van der Waals surface area (Å²) in [7, 11) is 0. The summed E-state index contributed by atoms with van der Waals surface area (Å²) in [6.07, 6.45) is 3.15. The highest BCUT2D eigenvalue weighted by molar-refractivity contribution is 6.30. The smallest absolute Gasteiger partial charge is 0.185 e. The Morgan fingerprint density at radius 2 is 1.53 bits per heavy atom. The highest BCUT2D eigenvalue weighted by Gasteiger charge is 2.02. The van der Waals surface area contributed by atoms with Crippen LogP contribution in [0, 0.1) is 0 Å². The van der Waals surface area contributed by atoms with Gasteiger partial charge in [0.2, 0.25) is 0 Å². The van der Waals surface area contributed by atoms with E-state index in [4.69, 9.17) is 17.3 Å². The zero-order valence-corrected chi connectivity index (χ0v) is 11.1. The van der Waals surface area contributed by atoms with Gasteiger partial charge in [-0.15, -0.1) is 0 Å². The summed E-state index contributed by atoms with van der Waals surface area (Å²) < 4.78 is 0. The maximum absolute atomic E-state index is 11.7. The predicted octanol–water partition coefficient (Wildman–Crippen LogP) is 3.70. The Hall–Kier alpha value is -1.90. The lowest BCUT2D eigenvalue weighted by atomic mass is 10.0. The molecule has 0 amide bonds. The predicted molar refractivity (Wildman–Crippen MR) is 79.4 cm³/mol. The number of hydrogen-bond donors (Lipinski definition) is 1. The van der Waals surface area contributed by atoms with E-state index in [1.807, 2.05) is 48.5 Å². The SMILES string of the molecule is NC/C=C/C(=O)c1ccc(-c2ccc(Cl)cc2)cc1. The summed E-state index contributed by atoms with van der Waals surface area (Å²) in [5.41, 5.74) is 8.09. The molecule has 0 spiro atoms. The topological polar surface area (TPSA) is 43.1 Å². The van der Waals surface area contributed by atoms with Crippen molar-refractivity contribution in [2.75, 3.05) is 6.54 Å². The van der Waals surface area contributed by atoms with Gasteiger partial charge in [0.25, 0.3) is 0 Å². The molecule has 0 aliphatic carbocycles. The van der Waals surface area contributed by atoms with Crippen molar-refractivity contribution >= 4 is 17.4 Å². The normalized spacial score (nSPS) is 10.8. The first-order chi connectivity index (χ1) is 9.20. The van der Waals surface area contributed by atoms with Crippen molar-refractivity contribution in [3.63, 3.8) is 0 Å². The largest absolute Gasteiger partial charge is 0.327 e. The molecular weight excluding hydrogens is 258 g/mol. The number of carbonyl (C=O) groups excluding carboxylic acids is 1. The molecule has 0 aliphatic heterocycles. The van der Waals surface area contributed by atoms with Crippen LogP contribution < -0.4 is 5.73 Å². The second-order valence-electron chi connectivity index (χ2n) is 4.09. The first-order valence-electron chi connectivity index (χ1n) is 5.97. The summed E-state index contributed by atoms with van der Waals surface area (Å²) in [4.78, 5) is 11.7. The van der Waals surface area contributed by atoms with E-state index in [2.05, 4.69) is 0 Å². The maximum atomic E-state index is 11.7. The highest BCUT2D eigenvalue weighted by atomic mass is 35.5. The Balaban J connectivity index is 2.21. The molecule has 2 aromatic rings. The minimum Gasteiger partial charge on any atom is -0.327 e. The number of ketones is 1. The number of carbonyl (C=O) groups is 1. The molecule has 0 aromatic heterocycles. The van der Waals surface area contributed by atoms with Crippen molar-refractivity contribution < 1.29 is 4.79 Å². The van der Waals surface area contributed by atoms with Gasteiger partial charge < -0.3 is 5.73 Å². The fraction of sp³-hybridized carbons (Fsp3) is 0.0625. The number of benzene rings is 2. The molecule has 0 saturated heterocycles. The number of allylic oxidation sites excluding steroid dienone is 1. The van der Waals surface area contributed by atoms with E-state index in [1.165, 1.54) is 6.08 Å². The lowest BCUT2D eigenvalue weighted by molar-refractivity contribution is 0.104. The van der Waals surface area contributed by atoms with Crippen molar-refractivity contribution in [3.05, 3.63) is 71.3 Å². The Morgan fingerprint density at radius 1 is 1.00 bits per heavy atom. The van der Waals surface area contributed by atoms with Crippen LogP contribution in [-0.2, 0) is 0 Å². The minimum absolute atomic E-state index is 0.0342. The summed E-state index contributed by atoms with van der Waals surface area (Å²) >= 11 is 5.85. The molecule has 2 rings (SSSR count). The Kier molecular flexibility index (Phi) is 4.50. The zero-order valence-electron chi connectivity index (χ0n) is 10.3. The molecule has 0 unspecified atom stereocenters. The molecule has 2 aromatic carbocycles. The van der Waals surface area contributed by atoms with E-state index >= 15 is 0 Å². The van der Waals surface area contributed by atoms with Gasteiger partial charge in [-0.2, -0.15) is 0 Å². The lowest BCUT2D eigenvalue weighted by Crippen LogP contribution is -1.98. The van der Waals surface area contributed by atoms with Crippen molar-refractivity contribution in [1.29, 1.82) is 0 Å². The fourth-order valence-electron chi connectivity index (χ4n) is 1.74. The van der Waals surface area contributed by atoms with Gasteiger partial charge in [0.05, 0.1) is 0 Å². The summed E-state index contributed by atoms with van der Waals surface area (Å²) in [6.45, 7) is 0.370. The third-order valence-corrected chi connectivity index (χ3v) is 3.00. The second-order valence-corrected chi connectivity index (χ2v) is 4.52. The van der Waals surface area contributed by atoms with Gasteiger partial charge in [-0.25, -0.2) is 0 Å². The van der Waals surface area contributed by atoms with Crippen LogP contribution in [0.2, 0.25) is 5.02 Å².